The lowest BCUT2D eigenvalue weighted by Gasteiger charge is -2.23. The van der Waals surface area contributed by atoms with Gasteiger partial charge in [-0.1, -0.05) is 0 Å². The number of nitrogens with two attached hydrogens (primary N) is 1. The number of rotatable bonds is 3. The average Bonchev–Trinajstić information content (AvgIpc) is 2.06. The Labute approximate surface area is 67.3 Å². The van der Waals surface area contributed by atoms with Crippen LogP contribution in [0.4, 0.5) is 0 Å². The third kappa shape index (κ3) is 2.99. The summed E-state index contributed by atoms with van der Waals surface area (Å²) in [4.78, 5) is 10.2. The first kappa shape index (κ1) is 8.68. The van der Waals surface area contributed by atoms with Crippen LogP contribution in [0.3, 0.4) is 0 Å². The van der Waals surface area contributed by atoms with Crippen molar-refractivity contribution in [2.45, 2.75) is 25.3 Å². The molecule has 1 heterocycles. The summed E-state index contributed by atoms with van der Waals surface area (Å²) in [6.07, 6.45) is 4.05. The van der Waals surface area contributed by atoms with Crippen molar-refractivity contribution in [2.24, 2.45) is 11.7 Å². The first-order valence-electron chi connectivity index (χ1n) is 4.24. The number of carbonyl (C=O) groups is 1. The van der Waals surface area contributed by atoms with Crippen molar-refractivity contribution in [1.29, 1.82) is 0 Å². The van der Waals surface area contributed by atoms with Gasteiger partial charge in [-0.15, -0.1) is 0 Å². The van der Waals surface area contributed by atoms with Crippen molar-refractivity contribution in [3.8, 4) is 0 Å². The zero-order valence-corrected chi connectivity index (χ0v) is 6.75. The van der Waals surface area contributed by atoms with Gasteiger partial charge in [0.1, 0.15) is 6.29 Å². The number of nitrogens with one attached hydrogen (secondary N) is 1. The molecular weight excluding hydrogens is 140 g/mol. The molecule has 1 fully saturated rings. The molecule has 1 rings (SSSR count). The van der Waals surface area contributed by atoms with Crippen LogP contribution in [0.15, 0.2) is 0 Å². The van der Waals surface area contributed by atoms with Crippen LogP contribution >= 0.6 is 0 Å². The van der Waals surface area contributed by atoms with E-state index >= 15 is 0 Å². The Balaban J connectivity index is 2.18. The predicted octanol–water partition coefficient (Wildman–Crippen LogP) is -0.0977. The van der Waals surface area contributed by atoms with Crippen LogP contribution in [0, 0.1) is 5.92 Å². The number of hydrogen-bond donors (Lipinski definition) is 2. The number of hydrogen-bond acceptors (Lipinski definition) is 3. The van der Waals surface area contributed by atoms with E-state index in [4.69, 9.17) is 5.73 Å². The molecule has 0 aliphatic carbocycles. The SMILES string of the molecule is NC(C=O)CC1CCNCC1. The van der Waals surface area contributed by atoms with E-state index in [0.717, 1.165) is 25.8 Å². The molecule has 11 heavy (non-hydrogen) atoms. The minimum absolute atomic E-state index is 0.238. The van der Waals surface area contributed by atoms with Gasteiger partial charge in [0.25, 0.3) is 0 Å². The highest BCUT2D eigenvalue weighted by molar-refractivity contribution is 5.56. The summed E-state index contributed by atoms with van der Waals surface area (Å²) in [6, 6.07) is -0.238. The van der Waals surface area contributed by atoms with Crippen LogP contribution in [0.25, 0.3) is 0 Å². The zero-order chi connectivity index (χ0) is 8.10. The summed E-state index contributed by atoms with van der Waals surface area (Å²) in [6.45, 7) is 2.16. The highest BCUT2D eigenvalue weighted by Gasteiger charge is 2.15. The Hall–Kier alpha value is -0.410. The number of aldehydes is 1. The van der Waals surface area contributed by atoms with Gasteiger partial charge in [0.15, 0.2) is 0 Å². The van der Waals surface area contributed by atoms with Gasteiger partial charge >= 0.3 is 0 Å². The van der Waals surface area contributed by atoms with Gasteiger partial charge in [-0.25, -0.2) is 0 Å². The molecule has 0 aromatic rings. The molecule has 0 aromatic carbocycles. The molecule has 1 atom stereocenters. The van der Waals surface area contributed by atoms with E-state index in [1.807, 2.05) is 0 Å². The maximum absolute atomic E-state index is 10.2. The van der Waals surface area contributed by atoms with E-state index in [-0.39, 0.29) is 6.04 Å². The van der Waals surface area contributed by atoms with Crippen LogP contribution in [0.2, 0.25) is 0 Å². The Morgan fingerprint density at radius 1 is 1.55 bits per heavy atom. The summed E-state index contributed by atoms with van der Waals surface area (Å²) in [5.74, 6) is 0.663. The van der Waals surface area contributed by atoms with E-state index in [2.05, 4.69) is 5.32 Å². The summed E-state index contributed by atoms with van der Waals surface area (Å²) in [5, 5.41) is 3.28. The third-order valence-corrected chi connectivity index (χ3v) is 2.24. The van der Waals surface area contributed by atoms with Gasteiger partial charge < -0.3 is 15.8 Å². The van der Waals surface area contributed by atoms with Crippen molar-refractivity contribution in [3.63, 3.8) is 0 Å². The second-order valence-electron chi connectivity index (χ2n) is 3.23. The summed E-state index contributed by atoms with van der Waals surface area (Å²) in [5.41, 5.74) is 5.52. The molecule has 0 spiro atoms. The maximum atomic E-state index is 10.2. The standard InChI is InChI=1S/C8H16N2O/c9-8(6-11)5-7-1-3-10-4-2-7/h6-8,10H,1-5,9H2. The highest BCUT2D eigenvalue weighted by atomic mass is 16.1. The topological polar surface area (TPSA) is 55.1 Å². The smallest absolute Gasteiger partial charge is 0.136 e. The molecule has 64 valence electrons. The molecule has 0 bridgehead atoms. The largest absolute Gasteiger partial charge is 0.322 e. The fourth-order valence-corrected chi connectivity index (χ4v) is 1.56. The van der Waals surface area contributed by atoms with Crippen LogP contribution in [-0.4, -0.2) is 25.4 Å². The molecule has 3 nitrogen and oxygen atoms in total. The van der Waals surface area contributed by atoms with E-state index in [0.29, 0.717) is 5.92 Å². The van der Waals surface area contributed by atoms with Gasteiger partial charge in [0.2, 0.25) is 0 Å². The molecule has 0 aromatic heterocycles. The van der Waals surface area contributed by atoms with Crippen LogP contribution in [0.1, 0.15) is 19.3 Å². The van der Waals surface area contributed by atoms with Gasteiger partial charge in [-0.3, -0.25) is 0 Å². The van der Waals surface area contributed by atoms with Crippen molar-refractivity contribution >= 4 is 6.29 Å². The normalized spacial score (nSPS) is 23.0. The van der Waals surface area contributed by atoms with Crippen molar-refractivity contribution < 1.29 is 4.79 Å². The fraction of sp³-hybridized carbons (Fsp3) is 0.875. The molecule has 0 saturated carbocycles. The van der Waals surface area contributed by atoms with Gasteiger partial charge in [-0.2, -0.15) is 0 Å². The second-order valence-corrected chi connectivity index (χ2v) is 3.23. The van der Waals surface area contributed by atoms with E-state index in [1.165, 1.54) is 12.8 Å². The molecule has 0 amide bonds. The molecule has 1 saturated heterocycles. The quantitative estimate of drug-likeness (QED) is 0.561. The first-order valence-corrected chi connectivity index (χ1v) is 4.24. The first-order chi connectivity index (χ1) is 5.33. The minimum Gasteiger partial charge on any atom is -0.322 e. The molecule has 3 heteroatoms. The summed E-state index contributed by atoms with van der Waals surface area (Å²) in [7, 11) is 0. The highest BCUT2D eigenvalue weighted by Crippen LogP contribution is 2.16. The Bertz CT molecular complexity index is 121. The molecule has 0 radical (unpaired) electrons. The van der Waals surface area contributed by atoms with Crippen molar-refractivity contribution in [1.82, 2.24) is 5.32 Å². The predicted molar refractivity (Wildman–Crippen MR) is 44.3 cm³/mol. The van der Waals surface area contributed by atoms with E-state index < -0.39 is 0 Å². The molecule has 1 unspecified atom stereocenters. The second kappa shape index (κ2) is 4.46. The van der Waals surface area contributed by atoms with Gasteiger partial charge in [-0.05, 0) is 38.3 Å². The van der Waals surface area contributed by atoms with Crippen LogP contribution in [-0.2, 0) is 4.79 Å². The van der Waals surface area contributed by atoms with Gasteiger partial charge in [0.05, 0.1) is 6.04 Å². The third-order valence-electron chi connectivity index (χ3n) is 2.24. The maximum Gasteiger partial charge on any atom is 0.136 e. The lowest BCUT2D eigenvalue weighted by Crippen LogP contribution is -2.32. The van der Waals surface area contributed by atoms with E-state index in [9.17, 15) is 4.79 Å². The minimum atomic E-state index is -0.238. The van der Waals surface area contributed by atoms with Crippen molar-refractivity contribution in [2.75, 3.05) is 13.1 Å². The van der Waals surface area contributed by atoms with Crippen LogP contribution in [0.5, 0.6) is 0 Å². The fourth-order valence-electron chi connectivity index (χ4n) is 1.56. The van der Waals surface area contributed by atoms with Crippen LogP contribution < -0.4 is 11.1 Å². The lowest BCUT2D eigenvalue weighted by atomic mass is 9.92. The van der Waals surface area contributed by atoms with E-state index in [1.54, 1.807) is 0 Å². The average molecular weight is 156 g/mol. The van der Waals surface area contributed by atoms with Gasteiger partial charge in [0, 0.05) is 0 Å². The molecule has 1 aliphatic rings. The summed E-state index contributed by atoms with van der Waals surface area (Å²) >= 11 is 0. The van der Waals surface area contributed by atoms with Crippen molar-refractivity contribution in [3.05, 3.63) is 0 Å². The number of carbonyl (C=O) groups excluding carboxylic acids is 1. The lowest BCUT2D eigenvalue weighted by molar-refractivity contribution is -0.109. The monoisotopic (exact) mass is 156 g/mol. The molecule has 1 aliphatic heterocycles. The molecular formula is C8H16N2O. The Morgan fingerprint density at radius 3 is 2.73 bits per heavy atom. The number of piperidine rings is 1. The molecule has 3 N–H and O–H groups in total. The summed E-state index contributed by atoms with van der Waals surface area (Å²) < 4.78 is 0. The zero-order valence-electron chi connectivity index (χ0n) is 6.75. The Kier molecular flexibility index (Phi) is 3.52. The Morgan fingerprint density at radius 2 is 2.18 bits per heavy atom.